The van der Waals surface area contributed by atoms with Gasteiger partial charge in [0.15, 0.2) is 0 Å². The van der Waals surface area contributed by atoms with Gasteiger partial charge in [-0.2, -0.15) is 0 Å². The Bertz CT molecular complexity index is 851. The maximum absolute atomic E-state index is 12.5. The van der Waals surface area contributed by atoms with E-state index in [-0.39, 0.29) is 21.5 Å². The first-order valence-electron chi connectivity index (χ1n) is 8.19. The van der Waals surface area contributed by atoms with Crippen molar-refractivity contribution in [1.29, 1.82) is 0 Å². The first kappa shape index (κ1) is 20.8. The van der Waals surface area contributed by atoms with Gasteiger partial charge < -0.3 is 9.64 Å². The van der Waals surface area contributed by atoms with Crippen molar-refractivity contribution in [1.82, 2.24) is 4.72 Å². The van der Waals surface area contributed by atoms with E-state index < -0.39 is 10.0 Å². The van der Waals surface area contributed by atoms with E-state index in [1.54, 1.807) is 0 Å². The largest absolute Gasteiger partial charge is 0.495 e. The molecule has 0 bridgehead atoms. The first-order chi connectivity index (χ1) is 12.3. The van der Waals surface area contributed by atoms with Crippen LogP contribution in [-0.4, -0.2) is 28.6 Å². The SMILES string of the molecule is CCN(CC)c1ccc(CNS(=O)(=O)c2ccc(OC)c(Cl)c2Cl)cc1. The standard InChI is InChI=1S/C18H22Cl2N2O3S/c1-4-22(5-2)14-8-6-13(7-9-14)12-21-26(23,24)16-11-10-15(25-3)17(19)18(16)20/h6-11,21H,4-5,12H2,1-3H3. The molecule has 0 aliphatic rings. The second-order valence-electron chi connectivity index (χ2n) is 5.56. The maximum Gasteiger partial charge on any atom is 0.242 e. The van der Waals surface area contributed by atoms with Crippen molar-refractivity contribution >= 4 is 38.9 Å². The number of nitrogens with zero attached hydrogens (tertiary/aromatic N) is 1. The number of benzene rings is 2. The fourth-order valence-corrected chi connectivity index (χ4v) is 4.40. The molecule has 0 spiro atoms. The second kappa shape index (κ2) is 8.95. The molecule has 0 heterocycles. The summed E-state index contributed by atoms with van der Waals surface area (Å²) in [7, 11) is -2.37. The van der Waals surface area contributed by atoms with Crippen LogP contribution in [0.15, 0.2) is 41.3 Å². The molecule has 0 unspecified atom stereocenters. The summed E-state index contributed by atoms with van der Waals surface area (Å²) in [4.78, 5) is 2.14. The molecule has 0 fully saturated rings. The van der Waals surface area contributed by atoms with Crippen LogP contribution in [0.3, 0.4) is 0 Å². The zero-order chi connectivity index (χ0) is 19.3. The van der Waals surface area contributed by atoms with Crippen molar-refractivity contribution in [2.75, 3.05) is 25.1 Å². The van der Waals surface area contributed by atoms with Crippen molar-refractivity contribution in [3.63, 3.8) is 0 Å². The minimum absolute atomic E-state index is 0.0598. The number of sulfonamides is 1. The van der Waals surface area contributed by atoms with Gasteiger partial charge in [-0.25, -0.2) is 13.1 Å². The minimum atomic E-state index is -3.80. The average Bonchev–Trinajstić information content (AvgIpc) is 2.64. The molecule has 0 aromatic heterocycles. The Morgan fingerprint density at radius 3 is 2.15 bits per heavy atom. The Morgan fingerprint density at radius 1 is 1.00 bits per heavy atom. The molecule has 26 heavy (non-hydrogen) atoms. The normalized spacial score (nSPS) is 11.4. The van der Waals surface area contributed by atoms with E-state index in [2.05, 4.69) is 23.5 Å². The molecule has 0 radical (unpaired) electrons. The van der Waals surface area contributed by atoms with E-state index >= 15 is 0 Å². The summed E-state index contributed by atoms with van der Waals surface area (Å²) in [5, 5.41) is 0.0102. The summed E-state index contributed by atoms with van der Waals surface area (Å²) in [6.45, 7) is 6.17. The molecular formula is C18H22Cl2N2O3S. The van der Waals surface area contributed by atoms with Crippen LogP contribution in [0.1, 0.15) is 19.4 Å². The van der Waals surface area contributed by atoms with Crippen LogP contribution in [0.5, 0.6) is 5.75 Å². The lowest BCUT2D eigenvalue weighted by Gasteiger charge is -2.21. The second-order valence-corrected chi connectivity index (χ2v) is 8.05. The van der Waals surface area contributed by atoms with Gasteiger partial charge in [0.2, 0.25) is 10.0 Å². The predicted molar refractivity (Wildman–Crippen MR) is 107 cm³/mol. The van der Waals surface area contributed by atoms with E-state index in [4.69, 9.17) is 27.9 Å². The predicted octanol–water partition coefficient (Wildman–Crippen LogP) is 4.33. The van der Waals surface area contributed by atoms with Crippen molar-refractivity contribution in [3.8, 4) is 5.75 Å². The molecule has 0 amide bonds. The number of ether oxygens (including phenoxy) is 1. The monoisotopic (exact) mass is 416 g/mol. The van der Waals surface area contributed by atoms with E-state index in [1.807, 2.05) is 24.3 Å². The quantitative estimate of drug-likeness (QED) is 0.695. The Kier molecular flexibility index (Phi) is 7.17. The van der Waals surface area contributed by atoms with Crippen LogP contribution >= 0.6 is 23.2 Å². The molecule has 5 nitrogen and oxygen atoms in total. The summed E-state index contributed by atoms with van der Waals surface area (Å²) in [5.41, 5.74) is 1.95. The highest BCUT2D eigenvalue weighted by molar-refractivity contribution is 7.89. The van der Waals surface area contributed by atoms with Gasteiger partial charge in [-0.15, -0.1) is 0 Å². The van der Waals surface area contributed by atoms with Crippen LogP contribution in [0.2, 0.25) is 10.0 Å². The Morgan fingerprint density at radius 2 is 1.62 bits per heavy atom. The zero-order valence-electron chi connectivity index (χ0n) is 14.9. The first-order valence-corrected chi connectivity index (χ1v) is 10.4. The Balaban J connectivity index is 2.15. The van der Waals surface area contributed by atoms with Gasteiger partial charge in [0.25, 0.3) is 0 Å². The van der Waals surface area contributed by atoms with Gasteiger partial charge in [-0.05, 0) is 43.7 Å². The van der Waals surface area contributed by atoms with Crippen LogP contribution in [-0.2, 0) is 16.6 Å². The highest BCUT2D eigenvalue weighted by Gasteiger charge is 2.21. The molecule has 0 aliphatic heterocycles. The molecule has 2 rings (SSSR count). The third kappa shape index (κ3) is 4.62. The van der Waals surface area contributed by atoms with Crippen LogP contribution in [0.4, 0.5) is 5.69 Å². The summed E-state index contributed by atoms with van der Waals surface area (Å²) in [6, 6.07) is 10.6. The van der Waals surface area contributed by atoms with Crippen LogP contribution in [0, 0.1) is 0 Å². The molecule has 142 valence electrons. The molecule has 0 saturated carbocycles. The Hall–Kier alpha value is -1.47. The van der Waals surface area contributed by atoms with Gasteiger partial charge >= 0.3 is 0 Å². The molecular weight excluding hydrogens is 395 g/mol. The number of anilines is 1. The average molecular weight is 417 g/mol. The highest BCUT2D eigenvalue weighted by Crippen LogP contribution is 2.36. The smallest absolute Gasteiger partial charge is 0.242 e. The van der Waals surface area contributed by atoms with Gasteiger partial charge in [-0.1, -0.05) is 35.3 Å². The number of halogens is 2. The maximum atomic E-state index is 12.5. The van der Waals surface area contributed by atoms with Crippen molar-refractivity contribution in [2.45, 2.75) is 25.3 Å². The van der Waals surface area contributed by atoms with Gasteiger partial charge in [0.05, 0.1) is 12.1 Å². The summed E-state index contributed by atoms with van der Waals surface area (Å²) < 4.78 is 32.7. The molecule has 2 aromatic carbocycles. The lowest BCUT2D eigenvalue weighted by molar-refractivity contribution is 0.414. The van der Waals surface area contributed by atoms with Gasteiger partial charge in [0.1, 0.15) is 15.7 Å². The highest BCUT2D eigenvalue weighted by atomic mass is 35.5. The third-order valence-corrected chi connectivity index (χ3v) is 6.47. The topological polar surface area (TPSA) is 58.6 Å². The summed E-state index contributed by atoms with van der Waals surface area (Å²) >= 11 is 12.1. The number of methoxy groups -OCH3 is 1. The van der Waals surface area contributed by atoms with E-state index in [9.17, 15) is 8.42 Å². The molecule has 0 atom stereocenters. The molecule has 0 saturated heterocycles. The van der Waals surface area contributed by atoms with Gasteiger partial charge in [0, 0.05) is 25.3 Å². The zero-order valence-corrected chi connectivity index (χ0v) is 17.2. The van der Waals surface area contributed by atoms with Crippen LogP contribution < -0.4 is 14.4 Å². The number of hydrogen-bond acceptors (Lipinski definition) is 4. The summed E-state index contributed by atoms with van der Waals surface area (Å²) in [6.07, 6.45) is 0. The minimum Gasteiger partial charge on any atom is -0.495 e. The third-order valence-electron chi connectivity index (χ3n) is 4.05. The molecule has 1 N–H and O–H groups in total. The lowest BCUT2D eigenvalue weighted by Crippen LogP contribution is -2.24. The molecule has 0 aliphatic carbocycles. The van der Waals surface area contributed by atoms with E-state index in [0.29, 0.717) is 5.75 Å². The molecule has 2 aromatic rings. The number of hydrogen-bond donors (Lipinski definition) is 1. The van der Waals surface area contributed by atoms with E-state index in [1.165, 1.54) is 19.2 Å². The van der Waals surface area contributed by atoms with Crippen LogP contribution in [0.25, 0.3) is 0 Å². The molecule has 8 heteroatoms. The van der Waals surface area contributed by atoms with Crippen molar-refractivity contribution in [3.05, 3.63) is 52.0 Å². The van der Waals surface area contributed by atoms with Crippen molar-refractivity contribution < 1.29 is 13.2 Å². The summed E-state index contributed by atoms with van der Waals surface area (Å²) in [5.74, 6) is 0.322. The van der Waals surface area contributed by atoms with Crippen molar-refractivity contribution in [2.24, 2.45) is 0 Å². The van der Waals surface area contributed by atoms with E-state index in [0.717, 1.165) is 24.3 Å². The lowest BCUT2D eigenvalue weighted by atomic mass is 10.2. The fraction of sp³-hybridized carbons (Fsp3) is 0.333. The fourth-order valence-electron chi connectivity index (χ4n) is 2.55. The number of nitrogens with one attached hydrogen (secondary N) is 1. The van der Waals surface area contributed by atoms with Gasteiger partial charge in [-0.3, -0.25) is 0 Å². The Labute approximate surface area is 164 Å². The number of rotatable bonds is 8.